The van der Waals surface area contributed by atoms with Crippen molar-refractivity contribution in [3.8, 4) is 0 Å². The standard InChI is InChI=1S/C18H26O4/c1-13-14(2)21-17(3,4)22-16(13)12-18(19-10-11-20-18)15-8-6-5-7-9-15/h5-9,13-14,16H,10-12H2,1-4H3/t13-,14+,16+/m0/s1. The van der Waals surface area contributed by atoms with Gasteiger partial charge in [0.2, 0.25) is 0 Å². The number of hydrogen-bond acceptors (Lipinski definition) is 4. The molecular weight excluding hydrogens is 280 g/mol. The van der Waals surface area contributed by atoms with Gasteiger partial charge < -0.3 is 18.9 Å². The zero-order valence-corrected chi connectivity index (χ0v) is 13.9. The summed E-state index contributed by atoms with van der Waals surface area (Å²) in [6.45, 7) is 9.43. The van der Waals surface area contributed by atoms with E-state index in [1.54, 1.807) is 0 Å². The van der Waals surface area contributed by atoms with Crippen LogP contribution >= 0.6 is 0 Å². The van der Waals surface area contributed by atoms with E-state index >= 15 is 0 Å². The first-order valence-electron chi connectivity index (χ1n) is 8.11. The van der Waals surface area contributed by atoms with Crippen LogP contribution in [-0.4, -0.2) is 31.2 Å². The van der Waals surface area contributed by atoms with Crippen molar-refractivity contribution in [1.82, 2.24) is 0 Å². The van der Waals surface area contributed by atoms with Gasteiger partial charge in [-0.2, -0.15) is 0 Å². The molecule has 3 rings (SSSR count). The number of benzene rings is 1. The third-order valence-electron chi connectivity index (χ3n) is 4.67. The number of rotatable bonds is 3. The molecule has 2 saturated heterocycles. The Hall–Kier alpha value is -0.940. The van der Waals surface area contributed by atoms with Crippen LogP contribution in [0.3, 0.4) is 0 Å². The van der Waals surface area contributed by atoms with Crippen molar-refractivity contribution in [1.29, 1.82) is 0 Å². The number of hydrogen-bond donors (Lipinski definition) is 0. The topological polar surface area (TPSA) is 36.9 Å². The molecule has 4 nitrogen and oxygen atoms in total. The Morgan fingerprint density at radius 2 is 1.64 bits per heavy atom. The summed E-state index contributed by atoms with van der Waals surface area (Å²) in [4.78, 5) is 0. The van der Waals surface area contributed by atoms with Crippen molar-refractivity contribution in [3.63, 3.8) is 0 Å². The van der Waals surface area contributed by atoms with Crippen LogP contribution in [0.4, 0.5) is 0 Å². The lowest BCUT2D eigenvalue weighted by Gasteiger charge is -2.46. The molecule has 0 saturated carbocycles. The maximum atomic E-state index is 6.18. The van der Waals surface area contributed by atoms with Crippen LogP contribution in [0.5, 0.6) is 0 Å². The fourth-order valence-corrected chi connectivity index (χ4v) is 3.40. The molecule has 22 heavy (non-hydrogen) atoms. The Kier molecular flexibility index (Phi) is 4.29. The summed E-state index contributed by atoms with van der Waals surface area (Å²) in [5, 5.41) is 0. The molecule has 0 bridgehead atoms. The van der Waals surface area contributed by atoms with Crippen LogP contribution in [0.1, 0.15) is 39.7 Å². The van der Waals surface area contributed by atoms with Crippen LogP contribution in [0.15, 0.2) is 30.3 Å². The van der Waals surface area contributed by atoms with Gasteiger partial charge in [0.15, 0.2) is 11.6 Å². The lowest BCUT2D eigenvalue weighted by molar-refractivity contribution is -0.329. The zero-order chi connectivity index (χ0) is 15.8. The van der Waals surface area contributed by atoms with Crippen molar-refractivity contribution in [2.45, 2.75) is 57.9 Å². The first-order chi connectivity index (χ1) is 10.4. The Balaban J connectivity index is 1.85. The lowest BCUT2D eigenvalue weighted by atomic mass is 9.88. The highest BCUT2D eigenvalue weighted by atomic mass is 16.7. The van der Waals surface area contributed by atoms with Gasteiger partial charge in [-0.25, -0.2) is 0 Å². The molecule has 122 valence electrons. The SMILES string of the molecule is C[C@H]1[C@@H](C)OC(C)(C)O[C@@H]1CC1(c2ccccc2)OCCO1. The van der Waals surface area contributed by atoms with Gasteiger partial charge in [-0.05, 0) is 20.8 Å². The molecule has 1 aromatic rings. The third kappa shape index (κ3) is 3.06. The monoisotopic (exact) mass is 306 g/mol. The minimum atomic E-state index is -0.701. The van der Waals surface area contributed by atoms with Crippen molar-refractivity contribution < 1.29 is 18.9 Å². The second-order valence-corrected chi connectivity index (χ2v) is 6.76. The summed E-state index contributed by atoms with van der Waals surface area (Å²) in [5.74, 6) is -0.998. The first kappa shape index (κ1) is 15.9. The normalized spacial score (nSPS) is 33.7. The van der Waals surface area contributed by atoms with Gasteiger partial charge in [-0.3, -0.25) is 0 Å². The molecular formula is C18H26O4. The van der Waals surface area contributed by atoms with Crippen LogP contribution in [-0.2, 0) is 24.7 Å². The molecule has 0 N–H and O–H groups in total. The van der Waals surface area contributed by atoms with E-state index in [1.807, 2.05) is 32.0 Å². The summed E-state index contributed by atoms with van der Waals surface area (Å²) < 4.78 is 24.2. The highest BCUT2D eigenvalue weighted by Gasteiger charge is 2.47. The third-order valence-corrected chi connectivity index (χ3v) is 4.67. The molecule has 0 aliphatic carbocycles. The highest BCUT2D eigenvalue weighted by Crippen LogP contribution is 2.41. The van der Waals surface area contributed by atoms with Gasteiger partial charge in [0.25, 0.3) is 0 Å². The highest BCUT2D eigenvalue weighted by molar-refractivity contribution is 5.21. The largest absolute Gasteiger partial charge is 0.347 e. The molecule has 3 atom stereocenters. The Labute approximate surface area is 132 Å². The summed E-state index contributed by atoms with van der Waals surface area (Å²) >= 11 is 0. The molecule has 2 fully saturated rings. The van der Waals surface area contributed by atoms with E-state index in [0.29, 0.717) is 19.6 Å². The number of ether oxygens (including phenoxy) is 4. The minimum Gasteiger partial charge on any atom is -0.347 e. The smallest absolute Gasteiger partial charge is 0.197 e. The van der Waals surface area contributed by atoms with Gasteiger partial charge >= 0.3 is 0 Å². The average molecular weight is 306 g/mol. The van der Waals surface area contributed by atoms with E-state index in [4.69, 9.17) is 18.9 Å². The van der Waals surface area contributed by atoms with Crippen molar-refractivity contribution in [2.24, 2.45) is 5.92 Å². The van der Waals surface area contributed by atoms with E-state index < -0.39 is 11.6 Å². The van der Waals surface area contributed by atoms with Crippen molar-refractivity contribution in [3.05, 3.63) is 35.9 Å². The maximum absolute atomic E-state index is 6.18. The van der Waals surface area contributed by atoms with E-state index in [1.165, 1.54) is 0 Å². The molecule has 0 amide bonds. The van der Waals surface area contributed by atoms with Crippen LogP contribution in [0, 0.1) is 5.92 Å². The molecule has 0 aromatic heterocycles. The summed E-state index contributed by atoms with van der Waals surface area (Å²) in [6, 6.07) is 10.2. The first-order valence-corrected chi connectivity index (χ1v) is 8.11. The van der Waals surface area contributed by atoms with Gasteiger partial charge in [-0.15, -0.1) is 0 Å². The quantitative estimate of drug-likeness (QED) is 0.857. The van der Waals surface area contributed by atoms with Crippen LogP contribution in [0.25, 0.3) is 0 Å². The summed E-state index contributed by atoms with van der Waals surface area (Å²) in [6.07, 6.45) is 0.843. The summed E-state index contributed by atoms with van der Waals surface area (Å²) in [7, 11) is 0. The van der Waals surface area contributed by atoms with E-state index in [0.717, 1.165) is 5.56 Å². The van der Waals surface area contributed by atoms with Crippen LogP contribution < -0.4 is 0 Å². The average Bonchev–Trinajstić information content (AvgIpc) is 2.94. The predicted molar refractivity (Wildman–Crippen MR) is 83.3 cm³/mol. The molecule has 0 radical (unpaired) electrons. The lowest BCUT2D eigenvalue weighted by Crippen LogP contribution is -2.51. The molecule has 2 aliphatic rings. The Bertz CT molecular complexity index is 493. The van der Waals surface area contributed by atoms with Crippen LogP contribution in [0.2, 0.25) is 0 Å². The summed E-state index contributed by atoms with van der Waals surface area (Å²) in [5.41, 5.74) is 1.06. The molecule has 0 unspecified atom stereocenters. The zero-order valence-electron chi connectivity index (χ0n) is 13.9. The van der Waals surface area contributed by atoms with Crippen molar-refractivity contribution >= 4 is 0 Å². The second kappa shape index (κ2) is 5.93. The van der Waals surface area contributed by atoms with Gasteiger partial charge in [0.1, 0.15) is 0 Å². The van der Waals surface area contributed by atoms with E-state index in [-0.39, 0.29) is 18.1 Å². The fourth-order valence-electron chi connectivity index (χ4n) is 3.40. The predicted octanol–water partition coefficient (Wildman–Crippen LogP) is 3.45. The molecule has 4 heteroatoms. The fraction of sp³-hybridized carbons (Fsp3) is 0.667. The van der Waals surface area contributed by atoms with Gasteiger partial charge in [0, 0.05) is 17.9 Å². The Morgan fingerprint density at radius 1 is 1.00 bits per heavy atom. The van der Waals surface area contributed by atoms with E-state index in [9.17, 15) is 0 Å². The maximum Gasteiger partial charge on any atom is 0.197 e. The van der Waals surface area contributed by atoms with E-state index in [2.05, 4.69) is 26.0 Å². The molecule has 2 aliphatic heterocycles. The minimum absolute atomic E-state index is 0.0251. The van der Waals surface area contributed by atoms with Crippen molar-refractivity contribution in [2.75, 3.05) is 13.2 Å². The molecule has 2 heterocycles. The second-order valence-electron chi connectivity index (χ2n) is 6.76. The molecule has 0 spiro atoms. The van der Waals surface area contributed by atoms with Gasteiger partial charge in [0.05, 0.1) is 25.4 Å². The molecule has 1 aromatic carbocycles. The Morgan fingerprint density at radius 3 is 2.27 bits per heavy atom. The van der Waals surface area contributed by atoms with Gasteiger partial charge in [-0.1, -0.05) is 37.3 Å².